The highest BCUT2D eigenvalue weighted by molar-refractivity contribution is 5.92. The third-order valence-electron chi connectivity index (χ3n) is 7.06. The van der Waals surface area contributed by atoms with Gasteiger partial charge in [0.15, 0.2) is 0 Å². The Morgan fingerprint density at radius 2 is 1.23 bits per heavy atom. The maximum Gasteiger partial charge on any atom is 0.268 e. The van der Waals surface area contributed by atoms with Crippen molar-refractivity contribution in [2.75, 3.05) is 14.2 Å². The summed E-state index contributed by atoms with van der Waals surface area (Å²) in [6.07, 6.45) is 5.06. The molecule has 0 aromatic heterocycles. The van der Waals surface area contributed by atoms with Crippen LogP contribution in [0, 0.1) is 0 Å². The first-order valence-corrected chi connectivity index (χ1v) is 14.0. The minimum absolute atomic E-state index is 0.248. The second-order valence-electron chi connectivity index (χ2n) is 9.90. The van der Waals surface area contributed by atoms with Crippen molar-refractivity contribution >= 4 is 17.7 Å². The number of hydrogen-bond donors (Lipinski definition) is 2. The minimum Gasteiger partial charge on any atom is -0.344 e. The molecule has 0 fully saturated rings. The largest absolute Gasteiger partial charge is 0.344 e. The van der Waals surface area contributed by atoms with Gasteiger partial charge in [-0.15, -0.1) is 0 Å². The number of amides is 3. The first kappa shape index (κ1) is 30.6. The SMILES string of the molecule is CCCCCCCC(=O)N[C@H](CC(=O)NC(c1ccccc1)(c1ccccc1)c1ccccc1)C(=O)N(C)OC. The lowest BCUT2D eigenvalue weighted by Crippen LogP contribution is -2.53. The molecule has 0 saturated carbocycles. The van der Waals surface area contributed by atoms with Crippen LogP contribution in [0.3, 0.4) is 0 Å². The van der Waals surface area contributed by atoms with E-state index in [-0.39, 0.29) is 18.2 Å². The fourth-order valence-electron chi connectivity index (χ4n) is 4.89. The van der Waals surface area contributed by atoms with Gasteiger partial charge in [-0.25, -0.2) is 5.06 Å². The van der Waals surface area contributed by atoms with Gasteiger partial charge in [0.2, 0.25) is 11.8 Å². The average Bonchev–Trinajstić information content (AvgIpc) is 3.00. The topological polar surface area (TPSA) is 87.7 Å². The van der Waals surface area contributed by atoms with Crippen LogP contribution in [0.5, 0.6) is 0 Å². The molecule has 0 aliphatic heterocycles. The van der Waals surface area contributed by atoms with Gasteiger partial charge in [0, 0.05) is 13.5 Å². The Labute approximate surface area is 237 Å². The van der Waals surface area contributed by atoms with Crippen LogP contribution in [-0.4, -0.2) is 43.0 Å². The van der Waals surface area contributed by atoms with Crippen molar-refractivity contribution in [3.8, 4) is 0 Å². The minimum atomic E-state index is -1.08. The summed E-state index contributed by atoms with van der Waals surface area (Å²) >= 11 is 0. The van der Waals surface area contributed by atoms with Gasteiger partial charge in [-0.1, -0.05) is 124 Å². The van der Waals surface area contributed by atoms with Gasteiger partial charge in [-0.05, 0) is 23.1 Å². The Hall–Kier alpha value is -3.97. The number of unbranched alkanes of at least 4 members (excludes halogenated alkanes) is 4. The summed E-state index contributed by atoms with van der Waals surface area (Å²) in [5, 5.41) is 7.09. The average molecular weight is 544 g/mol. The number of likely N-dealkylation sites (N-methyl/N-ethyl adjacent to an activating group) is 1. The van der Waals surface area contributed by atoms with Crippen LogP contribution in [-0.2, 0) is 24.8 Å². The van der Waals surface area contributed by atoms with Crippen LogP contribution in [0.2, 0.25) is 0 Å². The van der Waals surface area contributed by atoms with Crippen molar-refractivity contribution in [3.05, 3.63) is 108 Å². The van der Waals surface area contributed by atoms with E-state index >= 15 is 0 Å². The first-order chi connectivity index (χ1) is 19.4. The molecule has 3 aromatic carbocycles. The molecule has 0 radical (unpaired) electrons. The molecule has 0 heterocycles. The van der Waals surface area contributed by atoms with Crippen molar-refractivity contribution in [1.29, 1.82) is 0 Å². The molecule has 0 aliphatic rings. The van der Waals surface area contributed by atoms with Crippen LogP contribution >= 0.6 is 0 Å². The number of carbonyl (C=O) groups excluding carboxylic acids is 3. The fourth-order valence-corrected chi connectivity index (χ4v) is 4.89. The van der Waals surface area contributed by atoms with E-state index in [4.69, 9.17) is 4.84 Å². The first-order valence-electron chi connectivity index (χ1n) is 14.0. The summed E-state index contributed by atoms with van der Waals surface area (Å²) in [7, 11) is 2.84. The van der Waals surface area contributed by atoms with E-state index in [1.165, 1.54) is 14.2 Å². The highest BCUT2D eigenvalue weighted by Gasteiger charge is 2.39. The van der Waals surface area contributed by atoms with Crippen molar-refractivity contribution in [1.82, 2.24) is 15.7 Å². The predicted octanol–water partition coefficient (Wildman–Crippen LogP) is 5.35. The van der Waals surface area contributed by atoms with E-state index in [1.54, 1.807) is 0 Å². The van der Waals surface area contributed by atoms with Gasteiger partial charge in [-0.2, -0.15) is 0 Å². The molecule has 0 bridgehead atoms. The molecule has 0 aliphatic carbocycles. The Balaban J connectivity index is 1.92. The van der Waals surface area contributed by atoms with Crippen molar-refractivity contribution in [3.63, 3.8) is 0 Å². The number of carbonyl (C=O) groups is 3. The van der Waals surface area contributed by atoms with E-state index in [0.717, 1.165) is 53.9 Å². The van der Waals surface area contributed by atoms with Crippen LogP contribution in [0.25, 0.3) is 0 Å². The van der Waals surface area contributed by atoms with Crippen LogP contribution in [0.15, 0.2) is 91.0 Å². The van der Waals surface area contributed by atoms with E-state index in [2.05, 4.69) is 17.6 Å². The molecular formula is C33H41N3O4. The Morgan fingerprint density at radius 1 is 0.750 bits per heavy atom. The van der Waals surface area contributed by atoms with E-state index in [1.807, 2.05) is 91.0 Å². The molecule has 3 amide bonds. The molecule has 7 nitrogen and oxygen atoms in total. The van der Waals surface area contributed by atoms with Gasteiger partial charge in [-0.3, -0.25) is 19.2 Å². The standard InChI is InChI=1S/C33H41N3O4/c1-4-5-6-7-17-24-30(37)34-29(32(39)36(2)40-3)25-31(38)35-33(26-18-11-8-12-19-26,27-20-13-9-14-21-27)28-22-15-10-16-23-28/h8-16,18-23,29H,4-7,17,24-25H2,1-3H3,(H,34,37)(H,35,38)/t29-/m1/s1. The summed E-state index contributed by atoms with van der Waals surface area (Å²) in [5.41, 5.74) is 1.58. The van der Waals surface area contributed by atoms with Crippen molar-refractivity contribution < 1.29 is 19.2 Å². The second kappa shape index (κ2) is 15.6. The van der Waals surface area contributed by atoms with Crippen LogP contribution in [0.1, 0.15) is 68.6 Å². The molecule has 3 aromatic rings. The van der Waals surface area contributed by atoms with Gasteiger partial charge in [0.05, 0.1) is 13.5 Å². The number of nitrogens with one attached hydrogen (secondary N) is 2. The molecule has 212 valence electrons. The van der Waals surface area contributed by atoms with Crippen LogP contribution < -0.4 is 10.6 Å². The molecule has 1 atom stereocenters. The lowest BCUT2D eigenvalue weighted by molar-refractivity contribution is -0.172. The maximum atomic E-state index is 13.8. The van der Waals surface area contributed by atoms with Gasteiger partial charge in [0.25, 0.3) is 5.91 Å². The highest BCUT2D eigenvalue weighted by Crippen LogP contribution is 2.36. The molecular weight excluding hydrogens is 502 g/mol. The summed E-state index contributed by atoms with van der Waals surface area (Å²) in [4.78, 5) is 44.9. The Kier molecular flexibility index (Phi) is 11.9. The summed E-state index contributed by atoms with van der Waals surface area (Å²) < 4.78 is 0. The Bertz CT molecular complexity index is 1110. The lowest BCUT2D eigenvalue weighted by atomic mass is 9.77. The zero-order valence-corrected chi connectivity index (χ0v) is 23.8. The monoisotopic (exact) mass is 543 g/mol. The second-order valence-corrected chi connectivity index (χ2v) is 9.90. The number of hydroxylamine groups is 2. The van der Waals surface area contributed by atoms with Crippen LogP contribution in [0.4, 0.5) is 0 Å². The fraction of sp³-hybridized carbons (Fsp3) is 0.364. The molecule has 0 spiro atoms. The Morgan fingerprint density at radius 3 is 1.68 bits per heavy atom. The van der Waals surface area contributed by atoms with Crippen molar-refractivity contribution in [2.45, 2.75) is 63.5 Å². The molecule has 0 saturated heterocycles. The molecule has 3 rings (SSSR count). The smallest absolute Gasteiger partial charge is 0.268 e. The third-order valence-corrected chi connectivity index (χ3v) is 7.06. The third kappa shape index (κ3) is 8.02. The number of rotatable bonds is 15. The van der Waals surface area contributed by atoms with Gasteiger partial charge < -0.3 is 10.6 Å². The lowest BCUT2D eigenvalue weighted by Gasteiger charge is -2.37. The summed E-state index contributed by atoms with van der Waals surface area (Å²) in [6.45, 7) is 2.14. The van der Waals surface area contributed by atoms with E-state index in [9.17, 15) is 14.4 Å². The molecule has 2 N–H and O–H groups in total. The molecule has 0 unspecified atom stereocenters. The predicted molar refractivity (Wildman–Crippen MR) is 157 cm³/mol. The zero-order valence-electron chi connectivity index (χ0n) is 23.8. The van der Waals surface area contributed by atoms with Gasteiger partial charge >= 0.3 is 0 Å². The molecule has 7 heteroatoms. The maximum absolute atomic E-state index is 13.8. The summed E-state index contributed by atoms with van der Waals surface area (Å²) in [6, 6.07) is 28.2. The quantitative estimate of drug-likeness (QED) is 0.154. The highest BCUT2D eigenvalue weighted by atomic mass is 16.7. The number of benzene rings is 3. The van der Waals surface area contributed by atoms with Gasteiger partial charge in [0.1, 0.15) is 11.6 Å². The van der Waals surface area contributed by atoms with Crippen molar-refractivity contribution in [2.24, 2.45) is 0 Å². The number of nitrogens with zero attached hydrogens (tertiary/aromatic N) is 1. The zero-order chi connectivity index (χ0) is 28.8. The van der Waals surface area contributed by atoms with E-state index < -0.39 is 17.5 Å². The van der Waals surface area contributed by atoms with E-state index in [0.29, 0.717) is 6.42 Å². The molecule has 40 heavy (non-hydrogen) atoms. The number of hydrogen-bond acceptors (Lipinski definition) is 4. The normalized spacial score (nSPS) is 11.9. The summed E-state index contributed by atoms with van der Waals surface area (Å²) in [5.74, 6) is -1.14.